The second-order valence-corrected chi connectivity index (χ2v) is 5.34. The molecule has 0 radical (unpaired) electrons. The minimum absolute atomic E-state index is 0.342. The van der Waals surface area contributed by atoms with Gasteiger partial charge < -0.3 is 10.5 Å². The molecular weight excluding hydrogens is 275 g/mol. The highest BCUT2D eigenvalue weighted by molar-refractivity contribution is 7.21. The van der Waals surface area contributed by atoms with Crippen molar-refractivity contribution in [3.63, 3.8) is 0 Å². The van der Waals surface area contributed by atoms with E-state index >= 15 is 0 Å². The second kappa shape index (κ2) is 5.09. The lowest BCUT2D eigenvalue weighted by atomic mass is 10.2. The van der Waals surface area contributed by atoms with E-state index in [4.69, 9.17) is 10.5 Å². The van der Waals surface area contributed by atoms with Crippen molar-refractivity contribution in [1.29, 1.82) is 0 Å². The van der Waals surface area contributed by atoms with E-state index in [2.05, 4.69) is 4.98 Å². The summed E-state index contributed by atoms with van der Waals surface area (Å²) in [5.74, 6) is 0.480. The number of thiazole rings is 1. The number of hydrogen-bond donors (Lipinski definition) is 1. The van der Waals surface area contributed by atoms with Crippen LogP contribution in [0.3, 0.4) is 0 Å². The van der Waals surface area contributed by atoms with Crippen LogP contribution in [-0.4, -0.2) is 11.6 Å². The molecule has 0 saturated carbocycles. The van der Waals surface area contributed by atoms with Gasteiger partial charge in [0.2, 0.25) is 0 Å². The van der Waals surface area contributed by atoms with Gasteiger partial charge in [-0.25, -0.2) is 9.37 Å². The highest BCUT2D eigenvalue weighted by atomic mass is 32.1. The summed E-state index contributed by atoms with van der Waals surface area (Å²) in [5.41, 5.74) is 7.89. The van der Waals surface area contributed by atoms with Gasteiger partial charge in [0.05, 0.1) is 16.8 Å². The molecule has 5 heteroatoms. The fourth-order valence-electron chi connectivity index (χ4n) is 2.00. The summed E-state index contributed by atoms with van der Waals surface area (Å²) in [7, 11) is 0. The lowest BCUT2D eigenvalue weighted by molar-refractivity contribution is 0.341. The summed E-state index contributed by atoms with van der Waals surface area (Å²) in [4.78, 5) is 4.54. The maximum absolute atomic E-state index is 13.1. The Bertz CT molecular complexity index is 770. The molecule has 0 bridgehead atoms. The predicted octanol–water partition coefficient (Wildman–Crippen LogP) is 4.08. The Morgan fingerprint density at radius 1 is 1.25 bits per heavy atom. The van der Waals surface area contributed by atoms with Gasteiger partial charge in [-0.05, 0) is 43.3 Å². The number of halogens is 1. The molecule has 0 aliphatic heterocycles. The molecule has 3 nitrogen and oxygen atoms in total. The zero-order chi connectivity index (χ0) is 14.1. The predicted molar refractivity (Wildman–Crippen MR) is 80.6 cm³/mol. The number of aromatic nitrogens is 1. The summed E-state index contributed by atoms with van der Waals surface area (Å²) in [5, 5.41) is 0.783. The Morgan fingerprint density at radius 2 is 2.10 bits per heavy atom. The van der Waals surface area contributed by atoms with E-state index in [0.717, 1.165) is 26.5 Å². The lowest BCUT2D eigenvalue weighted by Gasteiger charge is -2.01. The normalized spacial score (nSPS) is 10.9. The van der Waals surface area contributed by atoms with Crippen molar-refractivity contribution in [2.75, 3.05) is 12.3 Å². The molecule has 2 N–H and O–H groups in total. The van der Waals surface area contributed by atoms with Crippen molar-refractivity contribution in [1.82, 2.24) is 4.98 Å². The highest BCUT2D eigenvalue weighted by Gasteiger charge is 2.10. The van der Waals surface area contributed by atoms with E-state index in [1.165, 1.54) is 23.5 Å². The topological polar surface area (TPSA) is 48.1 Å². The van der Waals surface area contributed by atoms with Crippen LogP contribution in [0.2, 0.25) is 0 Å². The molecule has 0 atom stereocenters. The molecule has 3 rings (SSSR count). The van der Waals surface area contributed by atoms with Crippen LogP contribution in [0.15, 0.2) is 36.4 Å². The van der Waals surface area contributed by atoms with Crippen LogP contribution in [0, 0.1) is 5.82 Å². The van der Waals surface area contributed by atoms with Crippen molar-refractivity contribution in [2.24, 2.45) is 0 Å². The van der Waals surface area contributed by atoms with Crippen molar-refractivity contribution >= 4 is 27.2 Å². The monoisotopic (exact) mass is 288 g/mol. The Labute approximate surface area is 119 Å². The maximum atomic E-state index is 13.1. The summed E-state index contributed by atoms with van der Waals surface area (Å²) in [6.45, 7) is 2.57. The fourth-order valence-corrected chi connectivity index (χ4v) is 3.05. The van der Waals surface area contributed by atoms with E-state index in [1.807, 2.05) is 25.1 Å². The number of nitrogen functional groups attached to an aromatic ring is 1. The van der Waals surface area contributed by atoms with Gasteiger partial charge in [-0.2, -0.15) is 0 Å². The van der Waals surface area contributed by atoms with Crippen molar-refractivity contribution in [2.45, 2.75) is 6.92 Å². The van der Waals surface area contributed by atoms with E-state index in [-0.39, 0.29) is 5.82 Å². The molecule has 0 spiro atoms. The summed E-state index contributed by atoms with van der Waals surface area (Å²) in [6.07, 6.45) is 0. The first-order valence-electron chi connectivity index (χ1n) is 6.26. The van der Waals surface area contributed by atoms with E-state index in [9.17, 15) is 4.39 Å². The molecule has 0 fully saturated rings. The Hall–Kier alpha value is -2.14. The number of fused-ring (bicyclic) bond motifs is 1. The van der Waals surface area contributed by atoms with Crippen LogP contribution >= 0.6 is 11.3 Å². The number of hydrogen-bond acceptors (Lipinski definition) is 4. The van der Waals surface area contributed by atoms with E-state index in [0.29, 0.717) is 12.3 Å². The van der Waals surface area contributed by atoms with Crippen molar-refractivity contribution in [3.05, 3.63) is 42.2 Å². The highest BCUT2D eigenvalue weighted by Crippen LogP contribution is 2.35. The molecule has 20 heavy (non-hydrogen) atoms. The number of nitrogens with zero attached hydrogens (tertiary/aromatic N) is 1. The second-order valence-electron chi connectivity index (χ2n) is 4.31. The average molecular weight is 288 g/mol. The average Bonchev–Trinajstić information content (AvgIpc) is 2.81. The number of rotatable bonds is 3. The maximum Gasteiger partial charge on any atom is 0.126 e. The molecule has 3 aromatic rings. The van der Waals surface area contributed by atoms with Crippen LogP contribution in [0.4, 0.5) is 10.1 Å². The fraction of sp³-hybridized carbons (Fsp3) is 0.133. The molecule has 1 aromatic heterocycles. The van der Waals surface area contributed by atoms with Crippen LogP contribution in [-0.2, 0) is 0 Å². The summed E-state index contributed by atoms with van der Waals surface area (Å²) >= 11 is 1.52. The Kier molecular flexibility index (Phi) is 3.28. The molecule has 0 aliphatic carbocycles. The SMILES string of the molecule is CCOc1ccc2nc(-c3ccc(F)cc3N)sc2c1. The third-order valence-corrected chi connectivity index (χ3v) is 3.97. The van der Waals surface area contributed by atoms with Crippen LogP contribution < -0.4 is 10.5 Å². The first kappa shape index (κ1) is 12.9. The van der Waals surface area contributed by atoms with E-state index < -0.39 is 0 Å². The number of nitrogens with two attached hydrogens (primary N) is 1. The smallest absolute Gasteiger partial charge is 0.126 e. The number of benzene rings is 2. The lowest BCUT2D eigenvalue weighted by Crippen LogP contribution is -1.90. The largest absolute Gasteiger partial charge is 0.494 e. The van der Waals surface area contributed by atoms with Crippen LogP contribution in [0.5, 0.6) is 5.75 Å². The number of anilines is 1. The molecule has 2 aromatic carbocycles. The Morgan fingerprint density at radius 3 is 2.85 bits per heavy atom. The number of ether oxygens (including phenoxy) is 1. The van der Waals surface area contributed by atoms with Gasteiger partial charge in [-0.3, -0.25) is 0 Å². The molecule has 1 heterocycles. The summed E-state index contributed by atoms with van der Waals surface area (Å²) < 4.78 is 19.6. The quantitative estimate of drug-likeness (QED) is 0.739. The van der Waals surface area contributed by atoms with Gasteiger partial charge >= 0.3 is 0 Å². The van der Waals surface area contributed by atoms with Gasteiger partial charge in [0, 0.05) is 11.3 Å². The zero-order valence-corrected chi connectivity index (χ0v) is 11.7. The first-order chi connectivity index (χ1) is 9.67. The van der Waals surface area contributed by atoms with Gasteiger partial charge in [0.1, 0.15) is 16.6 Å². The Balaban J connectivity index is 2.08. The summed E-state index contributed by atoms with van der Waals surface area (Å²) in [6, 6.07) is 10.1. The van der Waals surface area contributed by atoms with Crippen molar-refractivity contribution < 1.29 is 9.13 Å². The molecule has 0 aliphatic rings. The first-order valence-corrected chi connectivity index (χ1v) is 7.08. The van der Waals surface area contributed by atoms with Crippen LogP contribution in [0.25, 0.3) is 20.8 Å². The van der Waals surface area contributed by atoms with Gasteiger partial charge in [-0.15, -0.1) is 11.3 Å². The van der Waals surface area contributed by atoms with Crippen molar-refractivity contribution in [3.8, 4) is 16.3 Å². The molecule has 0 amide bonds. The van der Waals surface area contributed by atoms with Crippen LogP contribution in [0.1, 0.15) is 6.92 Å². The zero-order valence-electron chi connectivity index (χ0n) is 10.9. The molecule has 102 valence electrons. The minimum atomic E-state index is -0.342. The van der Waals surface area contributed by atoms with E-state index in [1.54, 1.807) is 6.07 Å². The minimum Gasteiger partial charge on any atom is -0.494 e. The molecule has 0 saturated heterocycles. The molecular formula is C15H13FN2OS. The van der Waals surface area contributed by atoms with Gasteiger partial charge in [0.15, 0.2) is 0 Å². The standard InChI is InChI=1S/C15H13FN2OS/c1-2-19-10-4-6-13-14(8-10)20-15(18-13)11-5-3-9(16)7-12(11)17/h3-8H,2,17H2,1H3. The molecule has 0 unspecified atom stereocenters. The third kappa shape index (κ3) is 2.32. The third-order valence-electron chi connectivity index (χ3n) is 2.91. The van der Waals surface area contributed by atoms with Gasteiger partial charge in [-0.1, -0.05) is 0 Å². The van der Waals surface area contributed by atoms with Gasteiger partial charge in [0.25, 0.3) is 0 Å².